The van der Waals surface area contributed by atoms with Crippen LogP contribution in [0.2, 0.25) is 0 Å². The minimum absolute atomic E-state index is 0.159. The summed E-state index contributed by atoms with van der Waals surface area (Å²) < 4.78 is 1.84. The van der Waals surface area contributed by atoms with E-state index in [2.05, 4.69) is 10.4 Å². The van der Waals surface area contributed by atoms with Gasteiger partial charge < -0.3 is 10.4 Å². The lowest BCUT2D eigenvalue weighted by Crippen LogP contribution is -2.44. The van der Waals surface area contributed by atoms with Gasteiger partial charge in [-0.1, -0.05) is 13.8 Å². The zero-order valence-corrected chi connectivity index (χ0v) is 11.2. The minimum atomic E-state index is -1.01. The molecule has 0 bridgehead atoms. The molecule has 1 aromatic rings. The van der Waals surface area contributed by atoms with Crippen molar-refractivity contribution in [3.05, 3.63) is 17.5 Å². The zero-order chi connectivity index (χ0) is 14.0. The van der Waals surface area contributed by atoms with Gasteiger partial charge in [-0.05, 0) is 25.2 Å². The van der Waals surface area contributed by atoms with Crippen LogP contribution in [0.25, 0.3) is 0 Å². The number of aromatic nitrogens is 2. The van der Waals surface area contributed by atoms with Crippen LogP contribution in [0.4, 0.5) is 0 Å². The molecule has 19 heavy (non-hydrogen) atoms. The van der Waals surface area contributed by atoms with Gasteiger partial charge in [-0.3, -0.25) is 9.48 Å². The first-order valence-electron chi connectivity index (χ1n) is 6.59. The molecule has 6 nitrogen and oxygen atoms in total. The highest BCUT2D eigenvalue weighted by atomic mass is 16.4. The SMILES string of the molecule is CC(C)C(NC(=O)c1cnn2c1CCCC2)C(=O)O. The molecule has 0 spiro atoms. The summed E-state index contributed by atoms with van der Waals surface area (Å²) >= 11 is 0. The molecular formula is C13H19N3O3. The highest BCUT2D eigenvalue weighted by Crippen LogP contribution is 2.18. The van der Waals surface area contributed by atoms with E-state index >= 15 is 0 Å². The lowest BCUT2D eigenvalue weighted by atomic mass is 10.0. The van der Waals surface area contributed by atoms with Gasteiger partial charge >= 0.3 is 5.97 Å². The summed E-state index contributed by atoms with van der Waals surface area (Å²) in [5.41, 5.74) is 1.42. The van der Waals surface area contributed by atoms with Crippen LogP contribution >= 0.6 is 0 Å². The maximum absolute atomic E-state index is 12.2. The number of carbonyl (C=O) groups excluding carboxylic acids is 1. The van der Waals surface area contributed by atoms with Crippen LogP contribution < -0.4 is 5.32 Å². The summed E-state index contributed by atoms with van der Waals surface area (Å²) in [7, 11) is 0. The van der Waals surface area contributed by atoms with E-state index in [1.165, 1.54) is 6.20 Å². The second-order valence-corrected chi connectivity index (χ2v) is 5.22. The Hall–Kier alpha value is -1.85. The van der Waals surface area contributed by atoms with E-state index in [0.29, 0.717) is 5.56 Å². The lowest BCUT2D eigenvalue weighted by Gasteiger charge is -2.19. The second kappa shape index (κ2) is 5.42. The monoisotopic (exact) mass is 265 g/mol. The van der Waals surface area contributed by atoms with Crippen LogP contribution in [-0.4, -0.2) is 32.8 Å². The van der Waals surface area contributed by atoms with Crippen molar-refractivity contribution in [2.75, 3.05) is 0 Å². The number of aryl methyl sites for hydroxylation is 1. The van der Waals surface area contributed by atoms with E-state index in [1.54, 1.807) is 13.8 Å². The van der Waals surface area contributed by atoms with Crippen LogP contribution in [0.1, 0.15) is 42.7 Å². The first-order chi connectivity index (χ1) is 9.00. The summed E-state index contributed by atoms with van der Waals surface area (Å²) in [6.07, 6.45) is 4.47. The molecule has 1 atom stereocenters. The van der Waals surface area contributed by atoms with Crippen molar-refractivity contribution < 1.29 is 14.7 Å². The zero-order valence-electron chi connectivity index (χ0n) is 11.2. The number of nitrogens with one attached hydrogen (secondary N) is 1. The van der Waals surface area contributed by atoms with E-state index < -0.39 is 12.0 Å². The van der Waals surface area contributed by atoms with Crippen LogP contribution in [-0.2, 0) is 17.8 Å². The number of carbonyl (C=O) groups is 2. The summed E-state index contributed by atoms with van der Waals surface area (Å²) in [5, 5.41) is 15.9. The maximum Gasteiger partial charge on any atom is 0.326 e. The third-order valence-corrected chi connectivity index (χ3v) is 3.45. The van der Waals surface area contributed by atoms with Crippen molar-refractivity contribution in [3.8, 4) is 0 Å². The standard InChI is InChI=1S/C13H19N3O3/c1-8(2)11(13(18)19)15-12(17)9-7-14-16-6-4-3-5-10(9)16/h7-8,11H,3-6H2,1-2H3,(H,15,17)(H,18,19). The van der Waals surface area contributed by atoms with Gasteiger partial charge in [0.1, 0.15) is 6.04 Å². The van der Waals surface area contributed by atoms with Gasteiger partial charge in [0, 0.05) is 6.54 Å². The van der Waals surface area contributed by atoms with Crippen LogP contribution in [0, 0.1) is 5.92 Å². The predicted molar refractivity (Wildman–Crippen MR) is 68.9 cm³/mol. The Kier molecular flexibility index (Phi) is 3.87. The molecule has 0 saturated carbocycles. The quantitative estimate of drug-likeness (QED) is 0.852. The van der Waals surface area contributed by atoms with E-state index in [1.807, 2.05) is 4.68 Å². The molecule has 6 heteroatoms. The molecule has 0 aliphatic carbocycles. The highest BCUT2D eigenvalue weighted by molar-refractivity contribution is 5.97. The van der Waals surface area contributed by atoms with E-state index in [-0.39, 0.29) is 11.8 Å². The number of amides is 1. The Morgan fingerprint density at radius 3 is 2.79 bits per heavy atom. The van der Waals surface area contributed by atoms with Crippen molar-refractivity contribution in [1.29, 1.82) is 0 Å². The molecule has 0 radical (unpaired) electrons. The Morgan fingerprint density at radius 2 is 2.16 bits per heavy atom. The molecule has 2 N–H and O–H groups in total. The predicted octanol–water partition coefficient (Wildman–Crippen LogP) is 1.06. The van der Waals surface area contributed by atoms with Crippen molar-refractivity contribution in [2.45, 2.75) is 45.7 Å². The largest absolute Gasteiger partial charge is 0.480 e. The lowest BCUT2D eigenvalue weighted by molar-refractivity contribution is -0.140. The molecule has 104 valence electrons. The van der Waals surface area contributed by atoms with Crippen molar-refractivity contribution in [3.63, 3.8) is 0 Å². The van der Waals surface area contributed by atoms with E-state index in [0.717, 1.165) is 31.5 Å². The molecule has 1 aliphatic rings. The number of hydrogen-bond donors (Lipinski definition) is 2. The number of carboxylic acid groups (broad SMARTS) is 1. The second-order valence-electron chi connectivity index (χ2n) is 5.22. The molecule has 2 heterocycles. The van der Waals surface area contributed by atoms with Crippen LogP contribution in [0.15, 0.2) is 6.20 Å². The number of hydrogen-bond acceptors (Lipinski definition) is 3. The molecule has 2 rings (SSSR count). The number of nitrogens with zero attached hydrogens (tertiary/aromatic N) is 2. The van der Waals surface area contributed by atoms with Crippen LogP contribution in [0.5, 0.6) is 0 Å². The van der Waals surface area contributed by atoms with E-state index in [9.17, 15) is 9.59 Å². The number of fused-ring (bicyclic) bond motifs is 1. The third kappa shape index (κ3) is 2.77. The van der Waals surface area contributed by atoms with Gasteiger partial charge in [0.15, 0.2) is 0 Å². The summed E-state index contributed by atoms with van der Waals surface area (Å²) in [6, 6.07) is -0.869. The normalized spacial score (nSPS) is 15.9. The summed E-state index contributed by atoms with van der Waals surface area (Å²) in [4.78, 5) is 23.3. The number of aliphatic carboxylic acids is 1. The average Bonchev–Trinajstić information content (AvgIpc) is 2.78. The first-order valence-corrected chi connectivity index (χ1v) is 6.59. The molecule has 1 unspecified atom stereocenters. The average molecular weight is 265 g/mol. The first kappa shape index (κ1) is 13.6. The van der Waals surface area contributed by atoms with E-state index in [4.69, 9.17) is 5.11 Å². The fraction of sp³-hybridized carbons (Fsp3) is 0.615. The van der Waals surface area contributed by atoms with Crippen molar-refractivity contribution in [1.82, 2.24) is 15.1 Å². The van der Waals surface area contributed by atoms with Crippen LogP contribution in [0.3, 0.4) is 0 Å². The fourth-order valence-electron chi connectivity index (χ4n) is 2.34. The Bertz CT molecular complexity index is 493. The fourth-order valence-corrected chi connectivity index (χ4v) is 2.34. The molecule has 1 aliphatic heterocycles. The van der Waals surface area contributed by atoms with Crippen molar-refractivity contribution in [2.24, 2.45) is 5.92 Å². The molecular weight excluding hydrogens is 246 g/mol. The van der Waals surface area contributed by atoms with Crippen molar-refractivity contribution >= 4 is 11.9 Å². The molecule has 0 aromatic carbocycles. The van der Waals surface area contributed by atoms with Gasteiger partial charge in [-0.2, -0.15) is 5.10 Å². The molecule has 1 aromatic heterocycles. The smallest absolute Gasteiger partial charge is 0.326 e. The number of rotatable bonds is 4. The topological polar surface area (TPSA) is 84.2 Å². The highest BCUT2D eigenvalue weighted by Gasteiger charge is 2.26. The minimum Gasteiger partial charge on any atom is -0.480 e. The van der Waals surface area contributed by atoms with Gasteiger partial charge in [-0.15, -0.1) is 0 Å². The summed E-state index contributed by atoms with van der Waals surface area (Å²) in [6.45, 7) is 4.37. The van der Waals surface area contributed by atoms with Gasteiger partial charge in [-0.25, -0.2) is 4.79 Å². The molecule has 0 saturated heterocycles. The molecule has 1 amide bonds. The van der Waals surface area contributed by atoms with Gasteiger partial charge in [0.25, 0.3) is 5.91 Å². The Labute approximate surface area is 111 Å². The third-order valence-electron chi connectivity index (χ3n) is 3.45. The Morgan fingerprint density at radius 1 is 1.42 bits per heavy atom. The van der Waals surface area contributed by atoms with Gasteiger partial charge in [0.05, 0.1) is 17.5 Å². The maximum atomic E-state index is 12.2. The Balaban J connectivity index is 2.16. The number of carboxylic acids is 1. The van der Waals surface area contributed by atoms with Gasteiger partial charge in [0.2, 0.25) is 0 Å². The molecule has 0 fully saturated rings. The summed E-state index contributed by atoms with van der Waals surface area (Å²) in [5.74, 6) is -1.51.